The number of ether oxygens (including phenoxy) is 1. The van der Waals surface area contributed by atoms with Gasteiger partial charge in [0.15, 0.2) is 0 Å². The zero-order valence-electron chi connectivity index (χ0n) is 14.2. The first-order valence-electron chi connectivity index (χ1n) is 8.17. The van der Waals surface area contributed by atoms with Crippen molar-refractivity contribution in [2.75, 3.05) is 25.1 Å². The fourth-order valence-electron chi connectivity index (χ4n) is 3.59. The summed E-state index contributed by atoms with van der Waals surface area (Å²) in [5.74, 6) is 1.16. The van der Waals surface area contributed by atoms with Gasteiger partial charge in [0, 0.05) is 36.2 Å². The number of aryl methyl sites for hydroxylation is 1. The molecule has 2 heterocycles. The van der Waals surface area contributed by atoms with E-state index in [-0.39, 0.29) is 11.8 Å². The van der Waals surface area contributed by atoms with Crippen molar-refractivity contribution in [1.82, 2.24) is 4.98 Å². The Morgan fingerprint density at radius 2 is 2.25 bits per heavy atom. The molecule has 0 N–H and O–H groups in total. The molecular weight excluding hydrogens is 302 g/mol. The zero-order chi connectivity index (χ0) is 17.3. The number of hydrogen-bond donors (Lipinski definition) is 0. The second-order valence-electron chi connectivity index (χ2n) is 6.43. The summed E-state index contributed by atoms with van der Waals surface area (Å²) in [4.78, 5) is 17.9. The largest absolute Gasteiger partial charge is 0.496 e. The van der Waals surface area contributed by atoms with Gasteiger partial charge >= 0.3 is 0 Å². The Kier molecular flexibility index (Phi) is 4.39. The van der Waals surface area contributed by atoms with Crippen LogP contribution in [0.25, 0.3) is 10.9 Å². The second-order valence-corrected chi connectivity index (χ2v) is 6.43. The molecule has 1 aliphatic heterocycles. The van der Waals surface area contributed by atoms with Crippen LogP contribution in [0.4, 0.5) is 5.69 Å². The number of nitriles is 1. The molecule has 5 nitrogen and oxygen atoms in total. The highest BCUT2D eigenvalue weighted by atomic mass is 16.5. The van der Waals surface area contributed by atoms with Gasteiger partial charge in [0.25, 0.3) is 0 Å². The molecule has 1 aromatic carbocycles. The van der Waals surface area contributed by atoms with Crippen molar-refractivity contribution in [3.05, 3.63) is 29.5 Å². The molecule has 24 heavy (non-hydrogen) atoms. The minimum Gasteiger partial charge on any atom is -0.496 e. The molecular formula is C19H21N3O2. The van der Waals surface area contributed by atoms with Gasteiger partial charge in [0.1, 0.15) is 18.1 Å². The monoisotopic (exact) mass is 323 g/mol. The number of piperidine rings is 1. The Hall–Kier alpha value is -2.61. The Balaban J connectivity index is 2.14. The fraction of sp³-hybridized carbons (Fsp3) is 0.421. The van der Waals surface area contributed by atoms with E-state index < -0.39 is 0 Å². The van der Waals surface area contributed by atoms with Crippen LogP contribution < -0.4 is 9.64 Å². The lowest BCUT2D eigenvalue weighted by Gasteiger charge is -2.37. The molecule has 0 saturated carbocycles. The highest BCUT2D eigenvalue weighted by Gasteiger charge is 2.28. The predicted molar refractivity (Wildman–Crippen MR) is 93.3 cm³/mol. The number of pyridine rings is 1. The van der Waals surface area contributed by atoms with Crippen molar-refractivity contribution < 1.29 is 9.53 Å². The van der Waals surface area contributed by atoms with Gasteiger partial charge < -0.3 is 14.4 Å². The molecule has 3 rings (SSSR count). The number of benzene rings is 1. The van der Waals surface area contributed by atoms with Crippen LogP contribution in [0.1, 0.15) is 24.5 Å². The van der Waals surface area contributed by atoms with Gasteiger partial charge in [0.2, 0.25) is 0 Å². The molecule has 0 radical (unpaired) electrons. The third-order valence-electron chi connectivity index (χ3n) is 5.02. The van der Waals surface area contributed by atoms with Gasteiger partial charge in [-0.05, 0) is 31.4 Å². The molecule has 1 fully saturated rings. The third kappa shape index (κ3) is 2.58. The molecule has 0 bridgehead atoms. The molecule has 0 spiro atoms. The second kappa shape index (κ2) is 6.48. The Bertz CT molecular complexity index is 825. The van der Waals surface area contributed by atoms with E-state index in [1.165, 1.54) is 0 Å². The molecule has 124 valence electrons. The van der Waals surface area contributed by atoms with E-state index in [4.69, 9.17) is 4.74 Å². The normalized spacial score (nSPS) is 20.7. The third-order valence-corrected chi connectivity index (χ3v) is 5.02. The number of aldehydes is 1. The van der Waals surface area contributed by atoms with Crippen molar-refractivity contribution in [1.29, 1.82) is 5.26 Å². The number of carbonyl (C=O) groups is 1. The predicted octanol–water partition coefficient (Wildman–Crippen LogP) is 3.08. The van der Waals surface area contributed by atoms with E-state index >= 15 is 0 Å². The van der Waals surface area contributed by atoms with Gasteiger partial charge in [-0.2, -0.15) is 5.26 Å². The van der Waals surface area contributed by atoms with Crippen LogP contribution in [0, 0.1) is 30.1 Å². The van der Waals surface area contributed by atoms with Crippen LogP contribution in [0.15, 0.2) is 18.3 Å². The molecule has 1 saturated heterocycles. The van der Waals surface area contributed by atoms with E-state index in [0.29, 0.717) is 5.56 Å². The SMILES string of the molecule is COc1ccc2c(N3CC[C@H](C=O)[C@H](C)C3)c(C#N)cnc2c1C. The summed E-state index contributed by atoms with van der Waals surface area (Å²) in [6.45, 7) is 5.61. The molecule has 1 aromatic heterocycles. The number of fused-ring (bicyclic) bond motifs is 1. The average Bonchev–Trinajstić information content (AvgIpc) is 2.61. The number of carbonyl (C=O) groups excluding carboxylic acids is 1. The van der Waals surface area contributed by atoms with Crippen molar-refractivity contribution in [3.8, 4) is 11.8 Å². The topological polar surface area (TPSA) is 66.2 Å². The molecule has 0 amide bonds. The minimum atomic E-state index is 0.0988. The van der Waals surface area contributed by atoms with Crippen molar-refractivity contribution in [3.63, 3.8) is 0 Å². The summed E-state index contributed by atoms with van der Waals surface area (Å²) >= 11 is 0. The number of anilines is 1. The smallest absolute Gasteiger partial charge is 0.123 e. The van der Waals surface area contributed by atoms with Gasteiger partial charge in [-0.1, -0.05) is 6.92 Å². The summed E-state index contributed by atoms with van der Waals surface area (Å²) < 4.78 is 5.38. The van der Waals surface area contributed by atoms with Gasteiger partial charge in [-0.15, -0.1) is 0 Å². The Morgan fingerprint density at radius 1 is 1.46 bits per heavy atom. The van der Waals surface area contributed by atoms with Gasteiger partial charge in [-0.3, -0.25) is 4.98 Å². The van der Waals surface area contributed by atoms with Crippen molar-refractivity contribution in [2.24, 2.45) is 11.8 Å². The van der Waals surface area contributed by atoms with Crippen LogP contribution in [0.2, 0.25) is 0 Å². The summed E-state index contributed by atoms with van der Waals surface area (Å²) in [6, 6.07) is 6.16. The molecule has 2 atom stereocenters. The summed E-state index contributed by atoms with van der Waals surface area (Å²) in [5.41, 5.74) is 3.32. The van der Waals surface area contributed by atoms with Crippen LogP contribution in [0.3, 0.4) is 0 Å². The maximum Gasteiger partial charge on any atom is 0.123 e. The first kappa shape index (κ1) is 16.3. The first-order valence-corrected chi connectivity index (χ1v) is 8.17. The molecule has 0 unspecified atom stereocenters. The number of aromatic nitrogens is 1. The summed E-state index contributed by atoms with van der Waals surface area (Å²) in [7, 11) is 1.64. The highest BCUT2D eigenvalue weighted by Crippen LogP contribution is 2.36. The number of nitrogens with zero attached hydrogens (tertiary/aromatic N) is 3. The van der Waals surface area contributed by atoms with Crippen molar-refractivity contribution >= 4 is 22.9 Å². The number of rotatable bonds is 3. The quantitative estimate of drug-likeness (QED) is 0.812. The lowest BCUT2D eigenvalue weighted by Crippen LogP contribution is -2.40. The minimum absolute atomic E-state index is 0.0988. The van der Waals surface area contributed by atoms with Gasteiger partial charge in [0.05, 0.1) is 23.9 Å². The summed E-state index contributed by atoms with van der Waals surface area (Å²) in [6.07, 6.45) is 3.52. The molecule has 0 aliphatic carbocycles. The zero-order valence-corrected chi connectivity index (χ0v) is 14.2. The first-order chi connectivity index (χ1) is 11.6. The maximum absolute atomic E-state index is 11.2. The van der Waals surface area contributed by atoms with E-state index in [1.807, 2.05) is 19.1 Å². The van der Waals surface area contributed by atoms with E-state index in [1.54, 1.807) is 13.3 Å². The number of methoxy groups -OCH3 is 1. The lowest BCUT2D eigenvalue weighted by molar-refractivity contribution is -0.112. The summed E-state index contributed by atoms with van der Waals surface area (Å²) in [5, 5.41) is 10.5. The van der Waals surface area contributed by atoms with E-state index in [0.717, 1.165) is 53.7 Å². The highest BCUT2D eigenvalue weighted by molar-refractivity contribution is 5.97. The Labute approximate surface area is 141 Å². The number of hydrogen-bond acceptors (Lipinski definition) is 5. The maximum atomic E-state index is 11.2. The standard InChI is InChI=1S/C19H21N3O2/c1-12-10-22(7-6-14(12)11-23)19-15(8-20)9-21-18-13(2)17(24-3)5-4-16(18)19/h4-5,9,11-12,14H,6-7,10H2,1-3H3/t12-,14-/m1/s1. The fourth-order valence-corrected chi connectivity index (χ4v) is 3.59. The average molecular weight is 323 g/mol. The van der Waals surface area contributed by atoms with Crippen LogP contribution in [-0.2, 0) is 4.79 Å². The lowest BCUT2D eigenvalue weighted by atomic mass is 9.87. The van der Waals surface area contributed by atoms with Crippen LogP contribution >= 0.6 is 0 Å². The van der Waals surface area contributed by atoms with E-state index in [9.17, 15) is 10.1 Å². The van der Waals surface area contributed by atoms with Crippen LogP contribution in [0.5, 0.6) is 5.75 Å². The Morgan fingerprint density at radius 3 is 2.88 bits per heavy atom. The molecule has 5 heteroatoms. The van der Waals surface area contributed by atoms with Crippen molar-refractivity contribution in [2.45, 2.75) is 20.3 Å². The van der Waals surface area contributed by atoms with E-state index in [2.05, 4.69) is 22.9 Å². The van der Waals surface area contributed by atoms with Crippen LogP contribution in [-0.4, -0.2) is 31.5 Å². The molecule has 1 aliphatic rings. The van der Waals surface area contributed by atoms with Gasteiger partial charge in [-0.25, -0.2) is 0 Å². The molecule has 2 aromatic rings.